The lowest BCUT2D eigenvalue weighted by atomic mass is 10.1. The Morgan fingerprint density at radius 3 is 2.62 bits per heavy atom. The maximum Gasteiger partial charge on any atom is 0.388 e. The summed E-state index contributed by atoms with van der Waals surface area (Å²) in [6.45, 7) is -1.02. The van der Waals surface area contributed by atoms with Gasteiger partial charge in [-0.05, 0) is 30.2 Å². The second-order valence-electron chi connectivity index (χ2n) is 5.66. The lowest BCUT2D eigenvalue weighted by molar-refractivity contribution is -0.0528. The van der Waals surface area contributed by atoms with E-state index in [0.29, 0.717) is 11.0 Å². The molecule has 4 rings (SSSR count). The molecule has 0 N–H and O–H groups in total. The van der Waals surface area contributed by atoms with Gasteiger partial charge in [-0.1, -0.05) is 30.3 Å². The predicted molar refractivity (Wildman–Crippen MR) is 97.5 cm³/mol. The van der Waals surface area contributed by atoms with E-state index in [1.54, 1.807) is 17.4 Å². The van der Waals surface area contributed by atoms with E-state index >= 15 is 0 Å². The van der Waals surface area contributed by atoms with E-state index in [4.69, 9.17) is 0 Å². The Morgan fingerprint density at radius 2 is 1.85 bits per heavy atom. The lowest BCUT2D eigenvalue weighted by Crippen LogP contribution is -2.04. The third kappa shape index (κ3) is 3.25. The van der Waals surface area contributed by atoms with Gasteiger partial charge in [0.1, 0.15) is 5.01 Å². The van der Waals surface area contributed by atoms with Crippen LogP contribution in [-0.4, -0.2) is 21.6 Å². The molecule has 0 aliphatic rings. The van der Waals surface area contributed by atoms with Crippen LogP contribution in [0.3, 0.4) is 0 Å². The lowest BCUT2D eigenvalue weighted by Gasteiger charge is -2.07. The van der Waals surface area contributed by atoms with Crippen LogP contribution >= 0.6 is 11.3 Å². The van der Waals surface area contributed by atoms with Crippen molar-refractivity contribution in [2.45, 2.75) is 13.5 Å². The third-order valence-electron chi connectivity index (χ3n) is 3.77. The molecule has 0 saturated carbocycles. The van der Waals surface area contributed by atoms with E-state index in [9.17, 15) is 8.78 Å². The Morgan fingerprint density at radius 1 is 1.04 bits per heavy atom. The van der Waals surface area contributed by atoms with Crippen molar-refractivity contribution in [3.63, 3.8) is 0 Å². The number of hydrogen-bond acceptors (Lipinski definition) is 5. The van der Waals surface area contributed by atoms with Gasteiger partial charge in [-0.15, -0.1) is 11.3 Å². The molecule has 0 fully saturated rings. The molecule has 130 valence electrons. The van der Waals surface area contributed by atoms with E-state index in [1.165, 1.54) is 6.20 Å². The minimum Gasteiger partial charge on any atom is -0.415 e. The zero-order valence-electron chi connectivity index (χ0n) is 13.7. The van der Waals surface area contributed by atoms with Gasteiger partial charge >= 0.3 is 6.61 Å². The highest BCUT2D eigenvalue weighted by atomic mass is 32.1. The Labute approximate surface area is 152 Å². The number of nitrogens with zero attached hydrogens (tertiary/aromatic N) is 3. The van der Waals surface area contributed by atoms with E-state index in [-0.39, 0.29) is 5.88 Å². The fourth-order valence-electron chi connectivity index (χ4n) is 2.69. The second-order valence-corrected chi connectivity index (χ2v) is 6.69. The minimum absolute atomic E-state index is 0.201. The first-order valence-corrected chi connectivity index (χ1v) is 8.65. The Bertz CT molecular complexity index is 1070. The fourth-order valence-corrected chi connectivity index (χ4v) is 3.63. The van der Waals surface area contributed by atoms with Crippen molar-refractivity contribution in [2.75, 3.05) is 0 Å². The second kappa shape index (κ2) is 6.76. The molecule has 2 aromatic heterocycles. The van der Waals surface area contributed by atoms with Crippen molar-refractivity contribution in [1.29, 1.82) is 0 Å². The molecule has 0 radical (unpaired) electrons. The quantitative estimate of drug-likeness (QED) is 0.488. The summed E-state index contributed by atoms with van der Waals surface area (Å²) in [6, 6.07) is 13.7. The molecule has 0 unspecified atom stereocenters. The van der Waals surface area contributed by atoms with Crippen molar-refractivity contribution >= 4 is 22.4 Å². The molecule has 0 amide bonds. The number of thiazole rings is 1. The molecule has 0 aliphatic carbocycles. The molecule has 0 spiro atoms. The first-order valence-electron chi connectivity index (χ1n) is 7.84. The van der Waals surface area contributed by atoms with Gasteiger partial charge < -0.3 is 4.74 Å². The maximum absolute atomic E-state index is 12.4. The number of alkyl halides is 2. The molecule has 4 aromatic rings. The van der Waals surface area contributed by atoms with Crippen LogP contribution < -0.4 is 4.74 Å². The number of rotatable bonds is 4. The highest BCUT2D eigenvalue weighted by Gasteiger charge is 2.14. The van der Waals surface area contributed by atoms with Gasteiger partial charge in [0.2, 0.25) is 5.88 Å². The molecule has 2 heterocycles. The summed E-state index contributed by atoms with van der Waals surface area (Å²) in [5.41, 5.74) is 3.95. The molecule has 4 nitrogen and oxygen atoms in total. The first-order chi connectivity index (χ1) is 12.6. The fraction of sp³-hybridized carbons (Fsp3) is 0.105. The van der Waals surface area contributed by atoms with Gasteiger partial charge in [0.25, 0.3) is 0 Å². The van der Waals surface area contributed by atoms with Gasteiger partial charge in [0.15, 0.2) is 0 Å². The molecular weight excluding hydrogens is 356 g/mol. The number of aryl methyl sites for hydroxylation is 1. The highest BCUT2D eigenvalue weighted by Crippen LogP contribution is 2.35. The van der Waals surface area contributed by atoms with Crippen LogP contribution in [0.4, 0.5) is 8.78 Å². The van der Waals surface area contributed by atoms with Crippen LogP contribution in [0, 0.1) is 6.92 Å². The molecule has 26 heavy (non-hydrogen) atoms. The molecule has 0 aliphatic heterocycles. The number of fused-ring (bicyclic) bond motifs is 1. The third-order valence-corrected chi connectivity index (χ3v) is 4.85. The minimum atomic E-state index is -2.93. The predicted octanol–water partition coefficient (Wildman–Crippen LogP) is 5.33. The summed E-state index contributed by atoms with van der Waals surface area (Å²) in [4.78, 5) is 14.0. The van der Waals surface area contributed by atoms with E-state index in [0.717, 1.165) is 26.6 Å². The molecular formula is C19H13F2N3OS. The van der Waals surface area contributed by atoms with Crippen molar-refractivity contribution in [3.8, 4) is 26.9 Å². The van der Waals surface area contributed by atoms with Gasteiger partial charge in [-0.3, -0.25) is 0 Å². The van der Waals surface area contributed by atoms with Gasteiger partial charge in [0, 0.05) is 11.8 Å². The number of halogens is 2. The van der Waals surface area contributed by atoms with Crippen LogP contribution in [0.15, 0.2) is 54.9 Å². The van der Waals surface area contributed by atoms with Crippen molar-refractivity contribution < 1.29 is 13.5 Å². The molecule has 0 atom stereocenters. The van der Waals surface area contributed by atoms with Crippen LogP contribution in [0.25, 0.3) is 32.0 Å². The summed E-state index contributed by atoms with van der Waals surface area (Å²) < 4.78 is 29.2. The van der Waals surface area contributed by atoms with Gasteiger partial charge in [-0.2, -0.15) is 8.78 Å². The number of benzene rings is 2. The van der Waals surface area contributed by atoms with Crippen molar-refractivity contribution in [1.82, 2.24) is 15.0 Å². The average Bonchev–Trinajstić information content (AvgIpc) is 3.11. The molecule has 0 saturated heterocycles. The van der Waals surface area contributed by atoms with Crippen molar-refractivity contribution in [3.05, 3.63) is 60.4 Å². The van der Waals surface area contributed by atoms with Gasteiger partial charge in [0.05, 0.1) is 22.1 Å². The number of hydrogen-bond donors (Lipinski definition) is 0. The van der Waals surface area contributed by atoms with Crippen molar-refractivity contribution in [2.24, 2.45) is 0 Å². The standard InChI is InChI=1S/C19H13F2N3OS/c1-11-7-13(17-14(8-11)24-16(10-22-17)25-19(20)21)18-23-9-15(26-18)12-5-3-2-4-6-12/h2-10,19H,1H3. The number of ether oxygens (including phenoxy) is 1. The normalized spacial score (nSPS) is 11.2. The van der Waals surface area contributed by atoms with Gasteiger partial charge in [-0.25, -0.2) is 15.0 Å². The molecule has 7 heteroatoms. The van der Waals surface area contributed by atoms with E-state index in [1.807, 2.05) is 49.5 Å². The van der Waals surface area contributed by atoms with Crippen LogP contribution in [0.2, 0.25) is 0 Å². The smallest absolute Gasteiger partial charge is 0.388 e. The summed E-state index contributed by atoms with van der Waals surface area (Å²) in [7, 11) is 0. The first kappa shape index (κ1) is 16.5. The maximum atomic E-state index is 12.4. The monoisotopic (exact) mass is 369 g/mol. The van der Waals surface area contributed by atoms with Crippen LogP contribution in [0.1, 0.15) is 5.56 Å². The Balaban J connectivity index is 1.80. The highest BCUT2D eigenvalue weighted by molar-refractivity contribution is 7.18. The molecule has 2 aromatic carbocycles. The van der Waals surface area contributed by atoms with Crippen LogP contribution in [0.5, 0.6) is 5.88 Å². The summed E-state index contributed by atoms with van der Waals surface area (Å²) in [5, 5.41) is 0.800. The zero-order valence-corrected chi connectivity index (χ0v) is 14.5. The summed E-state index contributed by atoms with van der Waals surface area (Å²) in [6.07, 6.45) is 3.03. The zero-order chi connectivity index (χ0) is 18.1. The topological polar surface area (TPSA) is 47.9 Å². The number of aromatic nitrogens is 3. The Hall–Kier alpha value is -2.93. The average molecular weight is 369 g/mol. The Kier molecular flexibility index (Phi) is 4.30. The van der Waals surface area contributed by atoms with E-state index < -0.39 is 6.61 Å². The summed E-state index contributed by atoms with van der Waals surface area (Å²) >= 11 is 1.55. The summed E-state index contributed by atoms with van der Waals surface area (Å²) in [5.74, 6) is -0.201. The van der Waals surface area contributed by atoms with E-state index in [2.05, 4.69) is 19.7 Å². The SMILES string of the molecule is Cc1cc(-c2ncc(-c3ccccc3)s2)c2ncc(OC(F)F)nc2c1. The molecule has 0 bridgehead atoms. The van der Waals surface area contributed by atoms with Crippen LogP contribution in [-0.2, 0) is 0 Å². The largest absolute Gasteiger partial charge is 0.415 e.